The predicted octanol–water partition coefficient (Wildman–Crippen LogP) is 4.01. The quantitative estimate of drug-likeness (QED) is 0.386. The van der Waals surface area contributed by atoms with E-state index in [1.54, 1.807) is 18.4 Å². The minimum atomic E-state index is 0. The number of hydrogen-bond donors (Lipinski definition) is 1. The van der Waals surface area contributed by atoms with Crippen LogP contribution in [0.2, 0.25) is 0 Å². The Kier molecular flexibility index (Phi) is 9.78. The third-order valence-corrected chi connectivity index (χ3v) is 4.48. The zero-order valence-corrected chi connectivity index (χ0v) is 17.6. The molecule has 0 spiro atoms. The van der Waals surface area contributed by atoms with Gasteiger partial charge in [0.25, 0.3) is 0 Å². The molecule has 1 N–H and O–H groups in total. The van der Waals surface area contributed by atoms with Crippen LogP contribution in [0.15, 0.2) is 46.8 Å². The van der Waals surface area contributed by atoms with Gasteiger partial charge in [0.1, 0.15) is 5.75 Å². The summed E-state index contributed by atoms with van der Waals surface area (Å²) in [5.41, 5.74) is 1.17. The average Bonchev–Trinajstić information content (AvgIpc) is 3.10. The summed E-state index contributed by atoms with van der Waals surface area (Å²) in [6.45, 7) is 4.57. The molecule has 0 fully saturated rings. The molecule has 0 bridgehead atoms. The molecule has 132 valence electrons. The highest BCUT2D eigenvalue weighted by molar-refractivity contribution is 14.0. The van der Waals surface area contributed by atoms with Crippen LogP contribution in [0.5, 0.6) is 5.75 Å². The van der Waals surface area contributed by atoms with Crippen LogP contribution < -0.4 is 10.1 Å². The van der Waals surface area contributed by atoms with E-state index in [1.165, 1.54) is 10.4 Å². The summed E-state index contributed by atoms with van der Waals surface area (Å²) in [7, 11) is 3.77. The number of halogens is 1. The predicted molar refractivity (Wildman–Crippen MR) is 114 cm³/mol. The van der Waals surface area contributed by atoms with Gasteiger partial charge in [0.15, 0.2) is 5.96 Å². The van der Waals surface area contributed by atoms with Gasteiger partial charge in [-0.1, -0.05) is 18.2 Å². The zero-order chi connectivity index (χ0) is 16.5. The van der Waals surface area contributed by atoms with E-state index in [0.29, 0.717) is 6.54 Å². The second kappa shape index (κ2) is 11.3. The topological polar surface area (TPSA) is 36.9 Å². The van der Waals surface area contributed by atoms with Crippen molar-refractivity contribution in [3.63, 3.8) is 0 Å². The molecule has 1 aromatic carbocycles. The van der Waals surface area contributed by atoms with Gasteiger partial charge in [0.05, 0.1) is 13.7 Å². The third kappa shape index (κ3) is 6.68. The number of thiophene rings is 1. The van der Waals surface area contributed by atoms with Crippen LogP contribution in [0.3, 0.4) is 0 Å². The fourth-order valence-corrected chi connectivity index (χ4v) is 2.90. The highest BCUT2D eigenvalue weighted by atomic mass is 127. The molecule has 0 aliphatic rings. The minimum Gasteiger partial charge on any atom is -0.497 e. The summed E-state index contributed by atoms with van der Waals surface area (Å²) in [6, 6.07) is 12.3. The number of methoxy groups -OCH3 is 1. The van der Waals surface area contributed by atoms with Crippen LogP contribution in [0.25, 0.3) is 0 Å². The number of likely N-dealkylation sites (N-methyl/N-ethyl adjacent to an activating group) is 1. The maximum Gasteiger partial charge on any atom is 0.193 e. The summed E-state index contributed by atoms with van der Waals surface area (Å²) >= 11 is 1.80. The van der Waals surface area contributed by atoms with Crippen molar-refractivity contribution in [1.29, 1.82) is 0 Å². The van der Waals surface area contributed by atoms with Crippen LogP contribution in [0, 0.1) is 0 Å². The molecule has 0 atom stereocenters. The summed E-state index contributed by atoms with van der Waals surface area (Å²) in [5.74, 6) is 1.82. The fraction of sp³-hybridized carbons (Fsp3) is 0.389. The minimum absolute atomic E-state index is 0. The van der Waals surface area contributed by atoms with Gasteiger partial charge in [0.2, 0.25) is 0 Å². The summed E-state index contributed by atoms with van der Waals surface area (Å²) < 4.78 is 5.18. The maximum absolute atomic E-state index is 5.18. The van der Waals surface area contributed by atoms with E-state index in [9.17, 15) is 0 Å². The molecule has 2 rings (SSSR count). The highest BCUT2D eigenvalue weighted by Crippen LogP contribution is 2.12. The number of aliphatic imine (C=N–C) groups is 1. The molecular weight excluding hydrogens is 433 g/mol. The molecule has 24 heavy (non-hydrogen) atoms. The molecule has 0 aliphatic heterocycles. The van der Waals surface area contributed by atoms with Crippen LogP contribution in [-0.4, -0.2) is 38.1 Å². The van der Waals surface area contributed by atoms with Gasteiger partial charge in [-0.3, -0.25) is 0 Å². The van der Waals surface area contributed by atoms with Crippen molar-refractivity contribution in [1.82, 2.24) is 10.2 Å². The Morgan fingerprint density at radius 3 is 2.58 bits per heavy atom. The number of rotatable bonds is 7. The lowest BCUT2D eigenvalue weighted by molar-refractivity contribution is 0.414. The van der Waals surface area contributed by atoms with Crippen molar-refractivity contribution in [2.45, 2.75) is 19.9 Å². The third-order valence-electron chi connectivity index (χ3n) is 3.54. The molecular formula is C18H26IN3OS. The van der Waals surface area contributed by atoms with E-state index in [0.717, 1.165) is 31.2 Å². The van der Waals surface area contributed by atoms with E-state index in [2.05, 4.69) is 53.8 Å². The fourth-order valence-electron chi connectivity index (χ4n) is 2.21. The molecule has 2 aromatic rings. The van der Waals surface area contributed by atoms with Crippen molar-refractivity contribution in [3.05, 3.63) is 52.2 Å². The standard InChI is InChI=1S/C18H25N3OS.HI/c1-4-19-18(21(2)12-11-17-6-5-13-23-17)20-14-15-7-9-16(22-3)10-8-15;/h5-10,13H,4,11-12,14H2,1-3H3,(H,19,20);1H. The Labute approximate surface area is 166 Å². The van der Waals surface area contributed by atoms with Crippen molar-refractivity contribution >= 4 is 41.3 Å². The summed E-state index contributed by atoms with van der Waals surface area (Å²) in [6.07, 6.45) is 1.04. The molecule has 1 heterocycles. The number of guanidine groups is 1. The number of hydrogen-bond acceptors (Lipinski definition) is 3. The van der Waals surface area contributed by atoms with Crippen LogP contribution in [0.1, 0.15) is 17.4 Å². The Bertz CT molecular complexity index is 599. The largest absolute Gasteiger partial charge is 0.497 e. The lowest BCUT2D eigenvalue weighted by atomic mass is 10.2. The van der Waals surface area contributed by atoms with Crippen LogP contribution >= 0.6 is 35.3 Å². The molecule has 0 saturated carbocycles. The van der Waals surface area contributed by atoms with E-state index in [4.69, 9.17) is 9.73 Å². The Balaban J connectivity index is 0.00000288. The Hall–Kier alpha value is -1.28. The smallest absolute Gasteiger partial charge is 0.193 e. The van der Waals surface area contributed by atoms with Crippen molar-refractivity contribution < 1.29 is 4.74 Å². The number of benzene rings is 1. The SMILES string of the molecule is CCNC(=NCc1ccc(OC)cc1)N(C)CCc1cccs1.I. The monoisotopic (exact) mass is 459 g/mol. The van der Waals surface area contributed by atoms with E-state index < -0.39 is 0 Å². The maximum atomic E-state index is 5.18. The molecule has 1 aromatic heterocycles. The Morgan fingerprint density at radius 1 is 1.25 bits per heavy atom. The zero-order valence-electron chi connectivity index (χ0n) is 14.5. The van der Waals surface area contributed by atoms with Crippen molar-refractivity contribution in [3.8, 4) is 5.75 Å². The lowest BCUT2D eigenvalue weighted by Gasteiger charge is -2.21. The first-order valence-electron chi connectivity index (χ1n) is 7.87. The Morgan fingerprint density at radius 2 is 2.00 bits per heavy atom. The van der Waals surface area contributed by atoms with Crippen LogP contribution in [0.4, 0.5) is 0 Å². The molecule has 6 heteroatoms. The van der Waals surface area contributed by atoms with Gasteiger partial charge in [-0.15, -0.1) is 35.3 Å². The summed E-state index contributed by atoms with van der Waals surface area (Å²) in [4.78, 5) is 8.33. The normalized spacial score (nSPS) is 10.9. The molecule has 0 amide bonds. The van der Waals surface area contributed by atoms with Crippen molar-refractivity contribution in [2.75, 3.05) is 27.2 Å². The van der Waals surface area contributed by atoms with Gasteiger partial charge < -0.3 is 15.0 Å². The first-order chi connectivity index (χ1) is 11.2. The molecule has 4 nitrogen and oxygen atoms in total. The van der Waals surface area contributed by atoms with E-state index in [1.807, 2.05) is 12.1 Å². The van der Waals surface area contributed by atoms with Gasteiger partial charge in [-0.25, -0.2) is 4.99 Å². The number of nitrogens with zero attached hydrogens (tertiary/aromatic N) is 2. The number of nitrogens with one attached hydrogen (secondary N) is 1. The van der Waals surface area contributed by atoms with Gasteiger partial charge in [-0.05, 0) is 42.5 Å². The molecule has 0 unspecified atom stereocenters. The molecule has 0 radical (unpaired) electrons. The first kappa shape index (κ1) is 20.8. The lowest BCUT2D eigenvalue weighted by Crippen LogP contribution is -2.39. The summed E-state index contributed by atoms with van der Waals surface area (Å²) in [5, 5.41) is 5.48. The van der Waals surface area contributed by atoms with Crippen LogP contribution in [-0.2, 0) is 13.0 Å². The van der Waals surface area contributed by atoms with Gasteiger partial charge in [0, 0.05) is 25.0 Å². The number of ether oxygens (including phenoxy) is 1. The van der Waals surface area contributed by atoms with Gasteiger partial charge in [-0.2, -0.15) is 0 Å². The van der Waals surface area contributed by atoms with E-state index >= 15 is 0 Å². The first-order valence-corrected chi connectivity index (χ1v) is 8.75. The molecule has 0 saturated heterocycles. The highest BCUT2D eigenvalue weighted by Gasteiger charge is 2.06. The second-order valence-electron chi connectivity index (χ2n) is 5.27. The van der Waals surface area contributed by atoms with Gasteiger partial charge >= 0.3 is 0 Å². The average molecular weight is 459 g/mol. The molecule has 0 aliphatic carbocycles. The van der Waals surface area contributed by atoms with Crippen molar-refractivity contribution in [2.24, 2.45) is 4.99 Å². The second-order valence-corrected chi connectivity index (χ2v) is 6.30. The van der Waals surface area contributed by atoms with E-state index in [-0.39, 0.29) is 24.0 Å².